The number of rotatable bonds is 2. The first-order chi connectivity index (χ1) is 9.22. The minimum atomic E-state index is -0.320. The number of furan rings is 1. The zero-order valence-corrected chi connectivity index (χ0v) is 10.6. The number of hydrogen-bond acceptors (Lipinski definition) is 4. The van der Waals surface area contributed by atoms with E-state index in [1.807, 2.05) is 6.07 Å². The van der Waals surface area contributed by atoms with E-state index in [1.54, 1.807) is 24.3 Å². The van der Waals surface area contributed by atoms with Crippen molar-refractivity contribution in [2.45, 2.75) is 4.90 Å². The minimum absolute atomic E-state index is 0.0352. The topological polar surface area (TPSA) is 71.3 Å². The van der Waals surface area contributed by atoms with Gasteiger partial charge in [-0.25, -0.2) is 0 Å². The maximum Gasteiger partial charge on any atom is 0.291 e. The number of benzene rings is 1. The van der Waals surface area contributed by atoms with Gasteiger partial charge in [-0.2, -0.15) is 0 Å². The van der Waals surface area contributed by atoms with Crippen molar-refractivity contribution in [3.8, 4) is 0 Å². The molecule has 2 heterocycles. The minimum Gasteiger partial charge on any atom is -0.459 e. The molecule has 1 aromatic heterocycles. The van der Waals surface area contributed by atoms with Crippen molar-refractivity contribution < 1.29 is 14.0 Å². The molecule has 0 saturated heterocycles. The number of amides is 2. The number of fused-ring (bicyclic) bond motifs is 1. The Morgan fingerprint density at radius 2 is 2.26 bits per heavy atom. The van der Waals surface area contributed by atoms with Crippen molar-refractivity contribution in [1.29, 1.82) is 0 Å². The number of thioether (sulfide) groups is 1. The molecule has 1 aliphatic heterocycles. The molecule has 0 bridgehead atoms. The molecule has 96 valence electrons. The average Bonchev–Trinajstić information content (AvgIpc) is 2.92. The highest BCUT2D eigenvalue weighted by Crippen LogP contribution is 2.33. The van der Waals surface area contributed by atoms with Crippen molar-refractivity contribution in [1.82, 2.24) is 0 Å². The molecular weight excluding hydrogens is 264 g/mol. The third kappa shape index (κ3) is 2.48. The first-order valence-electron chi connectivity index (χ1n) is 5.64. The molecule has 0 saturated carbocycles. The lowest BCUT2D eigenvalue weighted by Crippen LogP contribution is -2.19. The summed E-state index contributed by atoms with van der Waals surface area (Å²) in [5.74, 6) is 0.313. The fourth-order valence-corrected chi connectivity index (χ4v) is 2.55. The molecule has 2 aromatic rings. The number of nitrogens with one attached hydrogen (secondary N) is 2. The van der Waals surface area contributed by atoms with Gasteiger partial charge in [-0.3, -0.25) is 9.59 Å². The standard InChI is InChI=1S/C13H10N2O3S/c16-12-7-19-11-4-3-8(6-9(11)15-12)14-13(17)10-2-1-5-18-10/h1-6H,7H2,(H,14,17)(H,15,16). The van der Waals surface area contributed by atoms with Crippen molar-refractivity contribution in [2.24, 2.45) is 0 Å². The number of carbonyl (C=O) groups excluding carboxylic acids is 2. The first-order valence-corrected chi connectivity index (χ1v) is 6.62. The van der Waals surface area contributed by atoms with Gasteiger partial charge in [-0.1, -0.05) is 0 Å². The molecule has 19 heavy (non-hydrogen) atoms. The van der Waals surface area contributed by atoms with E-state index in [2.05, 4.69) is 10.6 Å². The highest BCUT2D eigenvalue weighted by Gasteiger charge is 2.16. The average molecular weight is 274 g/mol. The lowest BCUT2D eigenvalue weighted by atomic mass is 10.2. The Morgan fingerprint density at radius 1 is 1.37 bits per heavy atom. The van der Waals surface area contributed by atoms with Crippen molar-refractivity contribution in [2.75, 3.05) is 16.4 Å². The summed E-state index contributed by atoms with van der Waals surface area (Å²) in [6.45, 7) is 0. The predicted octanol–water partition coefficient (Wildman–Crippen LogP) is 2.58. The lowest BCUT2D eigenvalue weighted by Gasteiger charge is -2.17. The van der Waals surface area contributed by atoms with E-state index < -0.39 is 0 Å². The van der Waals surface area contributed by atoms with Gasteiger partial charge in [0.15, 0.2) is 5.76 Å². The molecule has 3 rings (SSSR count). The van der Waals surface area contributed by atoms with E-state index in [0.717, 1.165) is 10.6 Å². The fraction of sp³-hybridized carbons (Fsp3) is 0.0769. The number of hydrogen-bond donors (Lipinski definition) is 2. The summed E-state index contributed by atoms with van der Waals surface area (Å²) >= 11 is 1.48. The summed E-state index contributed by atoms with van der Waals surface area (Å²) in [4.78, 5) is 24.1. The smallest absolute Gasteiger partial charge is 0.291 e. The first kappa shape index (κ1) is 11.9. The third-order valence-corrected chi connectivity index (χ3v) is 3.69. The van der Waals surface area contributed by atoms with Gasteiger partial charge in [-0.15, -0.1) is 11.8 Å². The molecule has 0 radical (unpaired) electrons. The maximum absolute atomic E-state index is 11.8. The molecular formula is C13H10N2O3S. The second kappa shape index (κ2) is 4.81. The zero-order valence-electron chi connectivity index (χ0n) is 9.80. The summed E-state index contributed by atoms with van der Waals surface area (Å²) in [5.41, 5.74) is 1.33. The van der Waals surface area contributed by atoms with Crippen LogP contribution in [0.25, 0.3) is 0 Å². The van der Waals surface area contributed by atoms with E-state index >= 15 is 0 Å². The van der Waals surface area contributed by atoms with Crippen LogP contribution in [0.5, 0.6) is 0 Å². The molecule has 0 atom stereocenters. The van der Waals surface area contributed by atoms with E-state index in [4.69, 9.17) is 4.42 Å². The normalized spacial score (nSPS) is 13.6. The summed E-state index contributed by atoms with van der Waals surface area (Å²) in [6.07, 6.45) is 1.44. The highest BCUT2D eigenvalue weighted by molar-refractivity contribution is 8.00. The van der Waals surface area contributed by atoms with Gasteiger partial charge in [0.05, 0.1) is 17.7 Å². The summed E-state index contributed by atoms with van der Waals surface area (Å²) < 4.78 is 5.01. The molecule has 1 aromatic carbocycles. The number of anilines is 2. The number of carbonyl (C=O) groups is 2. The van der Waals surface area contributed by atoms with Crippen LogP contribution in [0.1, 0.15) is 10.6 Å². The van der Waals surface area contributed by atoms with Crippen LogP contribution >= 0.6 is 11.8 Å². The van der Waals surface area contributed by atoms with E-state index in [-0.39, 0.29) is 17.6 Å². The fourth-order valence-electron chi connectivity index (χ4n) is 1.76. The van der Waals surface area contributed by atoms with Gasteiger partial charge in [0.2, 0.25) is 5.91 Å². The lowest BCUT2D eigenvalue weighted by molar-refractivity contribution is -0.113. The van der Waals surface area contributed by atoms with Crippen LogP contribution < -0.4 is 10.6 Å². The van der Waals surface area contributed by atoms with Gasteiger partial charge in [-0.05, 0) is 30.3 Å². The van der Waals surface area contributed by atoms with Crippen molar-refractivity contribution in [3.63, 3.8) is 0 Å². The van der Waals surface area contributed by atoms with Crippen LogP contribution in [-0.4, -0.2) is 17.6 Å². The molecule has 0 spiro atoms. The largest absolute Gasteiger partial charge is 0.459 e. The monoisotopic (exact) mass is 274 g/mol. The van der Waals surface area contributed by atoms with Crippen LogP contribution in [0.4, 0.5) is 11.4 Å². The van der Waals surface area contributed by atoms with Crippen LogP contribution in [0.15, 0.2) is 45.9 Å². The molecule has 1 aliphatic rings. The molecule has 2 amide bonds. The Kier molecular flexibility index (Phi) is 3.00. The summed E-state index contributed by atoms with van der Waals surface area (Å²) in [7, 11) is 0. The quantitative estimate of drug-likeness (QED) is 0.883. The van der Waals surface area contributed by atoms with E-state index in [9.17, 15) is 9.59 Å². The molecule has 0 unspecified atom stereocenters. The summed E-state index contributed by atoms with van der Waals surface area (Å²) in [6, 6.07) is 8.64. The molecule has 5 nitrogen and oxygen atoms in total. The Morgan fingerprint density at radius 3 is 3.05 bits per heavy atom. The molecule has 0 fully saturated rings. The maximum atomic E-state index is 11.8. The van der Waals surface area contributed by atoms with Crippen LogP contribution in [0.2, 0.25) is 0 Å². The SMILES string of the molecule is O=C1CSc2ccc(NC(=O)c3ccco3)cc2N1. The van der Waals surface area contributed by atoms with E-state index in [1.165, 1.54) is 18.0 Å². The predicted molar refractivity (Wildman–Crippen MR) is 72.5 cm³/mol. The molecule has 6 heteroatoms. The Labute approximate surface area is 113 Å². The van der Waals surface area contributed by atoms with Gasteiger partial charge >= 0.3 is 0 Å². The van der Waals surface area contributed by atoms with Crippen molar-refractivity contribution in [3.05, 3.63) is 42.4 Å². The Hall–Kier alpha value is -2.21. The highest BCUT2D eigenvalue weighted by atomic mass is 32.2. The Balaban J connectivity index is 1.81. The van der Waals surface area contributed by atoms with E-state index in [0.29, 0.717) is 11.4 Å². The van der Waals surface area contributed by atoms with Gasteiger partial charge < -0.3 is 15.1 Å². The second-order valence-electron chi connectivity index (χ2n) is 3.98. The second-order valence-corrected chi connectivity index (χ2v) is 5.00. The van der Waals surface area contributed by atoms with Crippen molar-refractivity contribution >= 4 is 35.0 Å². The zero-order chi connectivity index (χ0) is 13.2. The van der Waals surface area contributed by atoms with Crippen LogP contribution in [-0.2, 0) is 4.79 Å². The third-order valence-electron chi connectivity index (χ3n) is 2.62. The Bertz CT molecular complexity index is 637. The van der Waals surface area contributed by atoms with Gasteiger partial charge in [0.1, 0.15) is 0 Å². The molecule has 0 aliphatic carbocycles. The summed E-state index contributed by atoms with van der Waals surface area (Å²) in [5, 5.41) is 5.49. The van der Waals surface area contributed by atoms with Crippen LogP contribution in [0, 0.1) is 0 Å². The van der Waals surface area contributed by atoms with Crippen LogP contribution in [0.3, 0.4) is 0 Å². The van der Waals surface area contributed by atoms with Gasteiger partial charge in [0.25, 0.3) is 5.91 Å². The van der Waals surface area contributed by atoms with Gasteiger partial charge in [0, 0.05) is 10.6 Å². The molecule has 2 N–H and O–H groups in total.